The van der Waals surface area contributed by atoms with Crippen LogP contribution in [-0.2, 0) is 0 Å². The van der Waals surface area contributed by atoms with E-state index in [1.165, 1.54) is 29.8 Å². The van der Waals surface area contributed by atoms with Crippen LogP contribution < -0.4 is 10.2 Å². The molecule has 0 radical (unpaired) electrons. The molecule has 1 N–H and O–H groups in total. The van der Waals surface area contributed by atoms with Gasteiger partial charge in [-0.1, -0.05) is 12.1 Å². The first-order valence-electron chi connectivity index (χ1n) is 8.71. The maximum atomic E-state index is 12.3. The molecule has 0 heterocycles. The summed E-state index contributed by atoms with van der Waals surface area (Å²) in [6, 6.07) is 14.2. The second-order valence-corrected chi connectivity index (χ2v) is 6.82. The number of nitro groups is 1. The summed E-state index contributed by atoms with van der Waals surface area (Å²) in [6.45, 7) is 0.797. The molecular formula is C20H26N4O3. The Bertz CT molecular complexity index is 771. The van der Waals surface area contributed by atoms with Crippen molar-refractivity contribution in [3.8, 4) is 0 Å². The van der Waals surface area contributed by atoms with Crippen molar-refractivity contribution in [3.05, 3.63) is 69.8 Å². The topological polar surface area (TPSA) is 78.7 Å². The monoisotopic (exact) mass is 370 g/mol. The number of anilines is 1. The van der Waals surface area contributed by atoms with E-state index in [4.69, 9.17) is 0 Å². The molecule has 0 aliphatic heterocycles. The Labute approximate surface area is 159 Å². The number of benzene rings is 2. The van der Waals surface area contributed by atoms with Crippen LogP contribution in [-0.4, -0.2) is 56.9 Å². The lowest BCUT2D eigenvalue weighted by atomic mass is 10.0. The van der Waals surface area contributed by atoms with Crippen molar-refractivity contribution in [1.82, 2.24) is 10.2 Å². The number of carbonyl (C=O) groups excluding carboxylic acids is 1. The van der Waals surface area contributed by atoms with Gasteiger partial charge < -0.3 is 15.1 Å². The van der Waals surface area contributed by atoms with Crippen LogP contribution in [0.2, 0.25) is 0 Å². The van der Waals surface area contributed by atoms with Gasteiger partial charge in [-0.15, -0.1) is 0 Å². The molecule has 1 unspecified atom stereocenters. The number of rotatable bonds is 9. The van der Waals surface area contributed by atoms with Gasteiger partial charge in [0.15, 0.2) is 5.78 Å². The summed E-state index contributed by atoms with van der Waals surface area (Å²) in [7, 11) is 8.02. The van der Waals surface area contributed by atoms with Crippen LogP contribution in [0.4, 0.5) is 11.4 Å². The van der Waals surface area contributed by atoms with Gasteiger partial charge in [-0.25, -0.2) is 0 Å². The Kier molecular flexibility index (Phi) is 7.04. The molecule has 2 rings (SSSR count). The first-order valence-corrected chi connectivity index (χ1v) is 8.71. The molecule has 2 aromatic carbocycles. The summed E-state index contributed by atoms with van der Waals surface area (Å²) in [4.78, 5) is 26.6. The Morgan fingerprint density at radius 2 is 1.63 bits per heavy atom. The lowest BCUT2D eigenvalue weighted by Crippen LogP contribution is -2.33. The van der Waals surface area contributed by atoms with E-state index >= 15 is 0 Å². The molecule has 0 fully saturated rings. The second kappa shape index (κ2) is 9.25. The molecule has 0 aromatic heterocycles. The van der Waals surface area contributed by atoms with Crippen LogP contribution in [0.3, 0.4) is 0 Å². The second-order valence-electron chi connectivity index (χ2n) is 6.82. The summed E-state index contributed by atoms with van der Waals surface area (Å²) >= 11 is 0. The predicted octanol–water partition coefficient (Wildman–Crippen LogP) is 2.74. The molecule has 0 saturated heterocycles. The standard InChI is InChI=1S/C20H26N4O3/c1-22(2)17-9-5-15(6-10-17)19(23(3)4)13-21-14-20(25)16-7-11-18(12-8-16)24(26)27/h5-12,19,21H,13-14H2,1-4H3. The fraction of sp³-hybridized carbons (Fsp3) is 0.350. The predicted molar refractivity (Wildman–Crippen MR) is 107 cm³/mol. The van der Waals surface area contributed by atoms with E-state index in [0.29, 0.717) is 12.1 Å². The zero-order valence-corrected chi connectivity index (χ0v) is 16.2. The van der Waals surface area contributed by atoms with Crippen LogP contribution in [0.1, 0.15) is 22.0 Å². The summed E-state index contributed by atoms with van der Waals surface area (Å²) in [5.74, 6) is -0.0923. The lowest BCUT2D eigenvalue weighted by Gasteiger charge is -2.25. The SMILES string of the molecule is CN(C)c1ccc(C(CNCC(=O)c2ccc([N+](=O)[O-])cc2)N(C)C)cc1. The Morgan fingerprint density at radius 1 is 1.04 bits per heavy atom. The Hall–Kier alpha value is -2.77. The molecule has 0 aliphatic carbocycles. The van der Waals surface area contributed by atoms with Crippen LogP contribution in [0, 0.1) is 10.1 Å². The van der Waals surface area contributed by atoms with E-state index in [1.54, 1.807) is 0 Å². The van der Waals surface area contributed by atoms with Crippen LogP contribution in [0.15, 0.2) is 48.5 Å². The molecule has 7 nitrogen and oxygen atoms in total. The fourth-order valence-electron chi connectivity index (χ4n) is 2.79. The van der Waals surface area contributed by atoms with Gasteiger partial charge in [0.25, 0.3) is 5.69 Å². The first-order chi connectivity index (χ1) is 12.8. The van der Waals surface area contributed by atoms with Crippen LogP contribution in [0.5, 0.6) is 0 Å². The highest BCUT2D eigenvalue weighted by Crippen LogP contribution is 2.21. The van der Waals surface area contributed by atoms with Crippen LogP contribution >= 0.6 is 0 Å². The number of Topliss-reactive ketones (excluding diaryl/α,β-unsaturated/α-hetero) is 1. The summed E-state index contributed by atoms with van der Waals surface area (Å²) in [5, 5.41) is 13.9. The molecule has 27 heavy (non-hydrogen) atoms. The van der Waals surface area contributed by atoms with Crippen LogP contribution in [0.25, 0.3) is 0 Å². The van der Waals surface area contributed by atoms with E-state index in [1.807, 2.05) is 28.2 Å². The van der Waals surface area contributed by atoms with E-state index in [9.17, 15) is 14.9 Å². The number of nitrogens with one attached hydrogen (secondary N) is 1. The lowest BCUT2D eigenvalue weighted by molar-refractivity contribution is -0.384. The third-order valence-electron chi connectivity index (χ3n) is 4.44. The van der Waals surface area contributed by atoms with E-state index in [-0.39, 0.29) is 24.1 Å². The normalized spacial score (nSPS) is 12.0. The Balaban J connectivity index is 1.95. The zero-order valence-electron chi connectivity index (χ0n) is 16.2. The van der Waals surface area contributed by atoms with E-state index in [2.05, 4.69) is 39.4 Å². The number of hydrogen-bond acceptors (Lipinski definition) is 6. The van der Waals surface area contributed by atoms with Gasteiger partial charge in [0, 0.05) is 50.1 Å². The quantitative estimate of drug-likeness (QED) is 0.415. The van der Waals surface area contributed by atoms with Crippen molar-refractivity contribution < 1.29 is 9.72 Å². The number of non-ortho nitro benzene ring substituents is 1. The summed E-state index contributed by atoms with van der Waals surface area (Å²) in [5.41, 5.74) is 2.75. The number of likely N-dealkylation sites (N-methyl/N-ethyl adjacent to an activating group) is 1. The molecule has 0 saturated carbocycles. The molecule has 0 spiro atoms. The minimum Gasteiger partial charge on any atom is -0.378 e. The average Bonchev–Trinajstić information content (AvgIpc) is 2.65. The highest BCUT2D eigenvalue weighted by Gasteiger charge is 2.15. The average molecular weight is 370 g/mol. The molecule has 0 amide bonds. The van der Waals surface area contributed by atoms with Crippen molar-refractivity contribution in [2.75, 3.05) is 46.2 Å². The molecule has 0 bridgehead atoms. The van der Waals surface area contributed by atoms with Crippen molar-refractivity contribution in [3.63, 3.8) is 0 Å². The van der Waals surface area contributed by atoms with Crippen molar-refractivity contribution in [2.24, 2.45) is 0 Å². The highest BCUT2D eigenvalue weighted by molar-refractivity contribution is 5.97. The summed E-state index contributed by atoms with van der Waals surface area (Å²) in [6.07, 6.45) is 0. The number of nitro benzene ring substituents is 1. The zero-order chi connectivity index (χ0) is 20.0. The smallest absolute Gasteiger partial charge is 0.269 e. The number of carbonyl (C=O) groups is 1. The van der Waals surface area contributed by atoms with Crippen molar-refractivity contribution in [1.29, 1.82) is 0 Å². The fourth-order valence-corrected chi connectivity index (χ4v) is 2.79. The minimum absolute atomic E-state index is 0.0200. The van der Waals surface area contributed by atoms with Gasteiger partial charge in [-0.2, -0.15) is 0 Å². The largest absolute Gasteiger partial charge is 0.378 e. The molecule has 0 aliphatic rings. The third kappa shape index (κ3) is 5.60. The van der Waals surface area contributed by atoms with Gasteiger partial charge in [-0.3, -0.25) is 14.9 Å². The third-order valence-corrected chi connectivity index (χ3v) is 4.44. The highest BCUT2D eigenvalue weighted by atomic mass is 16.6. The summed E-state index contributed by atoms with van der Waals surface area (Å²) < 4.78 is 0. The van der Waals surface area contributed by atoms with Gasteiger partial charge in [0.1, 0.15) is 0 Å². The van der Waals surface area contributed by atoms with E-state index < -0.39 is 4.92 Å². The molecular weight excluding hydrogens is 344 g/mol. The van der Waals surface area contributed by atoms with E-state index in [0.717, 1.165) is 5.69 Å². The Morgan fingerprint density at radius 3 is 2.11 bits per heavy atom. The van der Waals surface area contributed by atoms with Gasteiger partial charge in [-0.05, 0) is 43.9 Å². The maximum absolute atomic E-state index is 12.3. The van der Waals surface area contributed by atoms with Gasteiger partial charge in [0.05, 0.1) is 11.5 Å². The first kappa shape index (κ1) is 20.5. The van der Waals surface area contributed by atoms with Gasteiger partial charge >= 0.3 is 0 Å². The minimum atomic E-state index is -0.476. The number of ketones is 1. The van der Waals surface area contributed by atoms with Gasteiger partial charge in [0.2, 0.25) is 0 Å². The molecule has 7 heteroatoms. The maximum Gasteiger partial charge on any atom is 0.269 e. The number of hydrogen-bond donors (Lipinski definition) is 1. The number of nitrogens with zero attached hydrogens (tertiary/aromatic N) is 3. The molecule has 144 valence electrons. The molecule has 2 aromatic rings. The van der Waals surface area contributed by atoms with Crippen molar-refractivity contribution in [2.45, 2.75) is 6.04 Å². The molecule has 1 atom stereocenters. The van der Waals surface area contributed by atoms with Crippen molar-refractivity contribution >= 4 is 17.2 Å².